The first kappa shape index (κ1) is 22.3. The van der Waals surface area contributed by atoms with Crippen LogP contribution in [0.2, 0.25) is 0 Å². The van der Waals surface area contributed by atoms with Crippen LogP contribution in [-0.4, -0.2) is 66.1 Å². The number of benzene rings is 2. The molecular formula is C23H29N3O3S. The van der Waals surface area contributed by atoms with Crippen molar-refractivity contribution in [2.45, 2.75) is 19.0 Å². The minimum Gasteiger partial charge on any atom is -0.480 e. The molecule has 30 heavy (non-hydrogen) atoms. The summed E-state index contributed by atoms with van der Waals surface area (Å²) in [5.41, 5.74) is 3.43. The van der Waals surface area contributed by atoms with Gasteiger partial charge in [0.05, 0.1) is 0 Å². The fraction of sp³-hybridized carbons (Fsp3) is 0.391. The zero-order valence-corrected chi connectivity index (χ0v) is 18.1. The maximum absolute atomic E-state index is 13.2. The molecule has 6 nitrogen and oxygen atoms in total. The summed E-state index contributed by atoms with van der Waals surface area (Å²) in [7, 11) is 0. The lowest BCUT2D eigenvalue weighted by molar-refractivity contribution is -0.139. The van der Waals surface area contributed by atoms with Crippen LogP contribution in [0.15, 0.2) is 48.5 Å². The van der Waals surface area contributed by atoms with Gasteiger partial charge in [-0.1, -0.05) is 42.5 Å². The number of hydrogen-bond acceptors (Lipinski definition) is 5. The van der Waals surface area contributed by atoms with E-state index in [4.69, 9.17) is 0 Å². The molecule has 160 valence electrons. The fourth-order valence-corrected chi connectivity index (χ4v) is 4.18. The first-order valence-electron chi connectivity index (χ1n) is 10.2. The summed E-state index contributed by atoms with van der Waals surface area (Å²) >= 11 is 1.57. The van der Waals surface area contributed by atoms with E-state index in [2.05, 4.69) is 21.6 Å². The second-order valence-electron chi connectivity index (χ2n) is 7.38. The molecule has 0 bridgehead atoms. The van der Waals surface area contributed by atoms with Gasteiger partial charge in [-0.2, -0.15) is 11.8 Å². The second kappa shape index (κ2) is 11.2. The predicted molar refractivity (Wildman–Crippen MR) is 122 cm³/mol. The minimum atomic E-state index is -1.00. The standard InChI is InChI=1S/C23H29N3O3S/c1-30-15-10-20(23(28)29)25-22(27)19-9-5-8-18(16-26-13-11-24-12-14-26)21(19)17-6-3-2-4-7-17/h2-9,20,24H,10-16H2,1H3,(H,25,27)(H,28,29). The fourth-order valence-electron chi connectivity index (χ4n) is 3.71. The van der Waals surface area contributed by atoms with Gasteiger partial charge in [-0.3, -0.25) is 9.69 Å². The molecule has 1 unspecified atom stereocenters. The van der Waals surface area contributed by atoms with Crippen LogP contribution in [0.4, 0.5) is 0 Å². The quantitative estimate of drug-likeness (QED) is 0.571. The highest BCUT2D eigenvalue weighted by Crippen LogP contribution is 2.29. The van der Waals surface area contributed by atoms with Gasteiger partial charge in [0.1, 0.15) is 6.04 Å². The average molecular weight is 428 g/mol. The van der Waals surface area contributed by atoms with E-state index in [1.807, 2.05) is 42.7 Å². The number of carboxylic acids is 1. The summed E-state index contributed by atoms with van der Waals surface area (Å²) in [4.78, 5) is 27.2. The Hall–Kier alpha value is -2.35. The lowest BCUT2D eigenvalue weighted by Gasteiger charge is -2.28. The van der Waals surface area contributed by atoms with Gasteiger partial charge in [-0.25, -0.2) is 4.79 Å². The maximum Gasteiger partial charge on any atom is 0.326 e. The number of hydrogen-bond donors (Lipinski definition) is 3. The molecule has 0 spiro atoms. The third-order valence-electron chi connectivity index (χ3n) is 5.28. The van der Waals surface area contributed by atoms with Gasteiger partial charge in [-0.15, -0.1) is 0 Å². The van der Waals surface area contributed by atoms with Crippen LogP contribution in [0, 0.1) is 0 Å². The van der Waals surface area contributed by atoms with E-state index in [0.29, 0.717) is 17.7 Å². The average Bonchev–Trinajstić information content (AvgIpc) is 2.77. The van der Waals surface area contributed by atoms with Crippen molar-refractivity contribution in [1.82, 2.24) is 15.5 Å². The van der Waals surface area contributed by atoms with Crippen molar-refractivity contribution in [3.05, 3.63) is 59.7 Å². The zero-order chi connectivity index (χ0) is 21.3. The van der Waals surface area contributed by atoms with E-state index in [9.17, 15) is 14.7 Å². The van der Waals surface area contributed by atoms with E-state index in [1.165, 1.54) is 0 Å². The van der Waals surface area contributed by atoms with Crippen LogP contribution >= 0.6 is 11.8 Å². The molecule has 0 aromatic heterocycles. The number of carbonyl (C=O) groups is 2. The third kappa shape index (κ3) is 5.84. The molecule has 3 rings (SSSR count). The van der Waals surface area contributed by atoms with Crippen molar-refractivity contribution in [2.75, 3.05) is 38.2 Å². The summed E-state index contributed by atoms with van der Waals surface area (Å²) in [6.45, 7) is 4.58. The molecule has 1 atom stereocenters. The molecule has 0 aliphatic carbocycles. The molecule has 1 aliphatic heterocycles. The summed E-state index contributed by atoms with van der Waals surface area (Å²) < 4.78 is 0. The Morgan fingerprint density at radius 1 is 1.13 bits per heavy atom. The first-order valence-corrected chi connectivity index (χ1v) is 11.6. The Bertz CT molecular complexity index is 854. The molecule has 1 aliphatic rings. The Labute approximate surface area is 182 Å². The van der Waals surface area contributed by atoms with Gasteiger partial charge in [0.2, 0.25) is 0 Å². The van der Waals surface area contributed by atoms with Crippen molar-refractivity contribution in [3.63, 3.8) is 0 Å². The van der Waals surface area contributed by atoms with Gasteiger partial charge in [-0.05, 0) is 41.2 Å². The van der Waals surface area contributed by atoms with Gasteiger partial charge in [0.25, 0.3) is 5.91 Å². The normalized spacial score (nSPS) is 15.5. The molecular weight excluding hydrogens is 398 g/mol. The van der Waals surface area contributed by atoms with Crippen LogP contribution in [0.1, 0.15) is 22.3 Å². The highest BCUT2D eigenvalue weighted by Gasteiger charge is 2.24. The SMILES string of the molecule is CSCCC(NC(=O)c1cccc(CN2CCNCC2)c1-c1ccccc1)C(=O)O. The van der Waals surface area contributed by atoms with Crippen LogP contribution < -0.4 is 10.6 Å². The van der Waals surface area contributed by atoms with Crippen LogP contribution in [0.5, 0.6) is 0 Å². The van der Waals surface area contributed by atoms with Crippen molar-refractivity contribution < 1.29 is 14.7 Å². The van der Waals surface area contributed by atoms with E-state index < -0.39 is 12.0 Å². The molecule has 2 aromatic rings. The highest BCUT2D eigenvalue weighted by molar-refractivity contribution is 7.98. The van der Waals surface area contributed by atoms with E-state index in [1.54, 1.807) is 17.8 Å². The molecule has 1 fully saturated rings. The van der Waals surface area contributed by atoms with Gasteiger partial charge in [0, 0.05) is 38.3 Å². The third-order valence-corrected chi connectivity index (χ3v) is 5.92. The Balaban J connectivity index is 1.93. The Morgan fingerprint density at radius 3 is 2.53 bits per heavy atom. The molecule has 0 saturated carbocycles. The molecule has 7 heteroatoms. The smallest absolute Gasteiger partial charge is 0.326 e. The summed E-state index contributed by atoms with van der Waals surface area (Å²) in [6.07, 6.45) is 2.32. The molecule has 1 heterocycles. The first-order chi connectivity index (χ1) is 14.6. The van der Waals surface area contributed by atoms with Crippen molar-refractivity contribution in [2.24, 2.45) is 0 Å². The minimum absolute atomic E-state index is 0.343. The highest BCUT2D eigenvalue weighted by atomic mass is 32.2. The monoisotopic (exact) mass is 427 g/mol. The van der Waals surface area contributed by atoms with Crippen LogP contribution in [-0.2, 0) is 11.3 Å². The molecule has 1 amide bonds. The van der Waals surface area contributed by atoms with Gasteiger partial charge < -0.3 is 15.7 Å². The Morgan fingerprint density at radius 2 is 1.87 bits per heavy atom. The van der Waals surface area contributed by atoms with E-state index in [-0.39, 0.29) is 5.91 Å². The zero-order valence-electron chi connectivity index (χ0n) is 17.3. The topological polar surface area (TPSA) is 81.7 Å². The number of carbonyl (C=O) groups excluding carboxylic acids is 1. The summed E-state index contributed by atoms with van der Waals surface area (Å²) in [5.74, 6) is -0.675. The van der Waals surface area contributed by atoms with Gasteiger partial charge >= 0.3 is 5.97 Å². The van der Waals surface area contributed by atoms with Crippen molar-refractivity contribution >= 4 is 23.6 Å². The van der Waals surface area contributed by atoms with Gasteiger partial charge in [0.15, 0.2) is 0 Å². The molecule has 0 radical (unpaired) electrons. The summed E-state index contributed by atoms with van der Waals surface area (Å²) in [6, 6.07) is 14.7. The largest absolute Gasteiger partial charge is 0.480 e. The lowest BCUT2D eigenvalue weighted by atomic mass is 9.93. The number of nitrogens with one attached hydrogen (secondary N) is 2. The Kier molecular flexibility index (Phi) is 8.30. The van der Waals surface area contributed by atoms with Crippen LogP contribution in [0.3, 0.4) is 0 Å². The summed E-state index contributed by atoms with van der Waals surface area (Å²) in [5, 5.41) is 15.6. The number of thioether (sulfide) groups is 1. The number of aliphatic carboxylic acids is 1. The van der Waals surface area contributed by atoms with E-state index >= 15 is 0 Å². The van der Waals surface area contributed by atoms with Crippen molar-refractivity contribution in [1.29, 1.82) is 0 Å². The number of piperazine rings is 1. The second-order valence-corrected chi connectivity index (χ2v) is 8.36. The number of carboxylic acid groups (broad SMARTS) is 1. The molecule has 3 N–H and O–H groups in total. The molecule has 1 saturated heterocycles. The lowest BCUT2D eigenvalue weighted by Crippen LogP contribution is -2.43. The number of amides is 1. The van der Waals surface area contributed by atoms with Crippen LogP contribution in [0.25, 0.3) is 11.1 Å². The predicted octanol–water partition coefficient (Wildman–Crippen LogP) is 2.69. The van der Waals surface area contributed by atoms with E-state index in [0.717, 1.165) is 49.4 Å². The maximum atomic E-state index is 13.2. The number of nitrogens with zero attached hydrogens (tertiary/aromatic N) is 1. The number of rotatable bonds is 9. The molecule has 2 aromatic carbocycles. The van der Waals surface area contributed by atoms with Crippen molar-refractivity contribution in [3.8, 4) is 11.1 Å².